The Morgan fingerprint density at radius 1 is 0.229 bits per heavy atom. The second-order valence-corrected chi connectivity index (χ2v) is 21.9. The van der Waals surface area contributed by atoms with Crippen molar-refractivity contribution in [3.8, 4) is 33.4 Å². The van der Waals surface area contributed by atoms with Gasteiger partial charge in [0.15, 0.2) is 0 Å². The zero-order chi connectivity index (χ0) is 47.0. The Bertz CT molecular complexity index is 3890. The summed E-state index contributed by atoms with van der Waals surface area (Å²) in [5, 5.41) is 15.4. The molecule has 0 saturated heterocycles. The van der Waals surface area contributed by atoms with Crippen LogP contribution >= 0.6 is 0 Å². The van der Waals surface area contributed by atoms with Crippen LogP contribution in [0.15, 0.2) is 200 Å². The molecule has 15 rings (SSSR count). The van der Waals surface area contributed by atoms with E-state index in [2.05, 4.69) is 247 Å². The van der Waals surface area contributed by atoms with E-state index in [4.69, 9.17) is 0 Å². The van der Waals surface area contributed by atoms with E-state index in [-0.39, 0.29) is 16.2 Å². The lowest BCUT2D eigenvalue weighted by atomic mass is 9.80. The second-order valence-electron chi connectivity index (χ2n) is 21.9. The smallest absolute Gasteiger partial charge is 0.0544 e. The van der Waals surface area contributed by atoms with Crippen LogP contribution in [0.5, 0.6) is 0 Å². The molecule has 0 spiro atoms. The van der Waals surface area contributed by atoms with Gasteiger partial charge in [0, 0.05) is 32.4 Å². The molecule has 70 heavy (non-hydrogen) atoms. The van der Waals surface area contributed by atoms with Crippen LogP contribution in [-0.4, -0.2) is 0 Å². The molecule has 332 valence electrons. The molecule has 3 aliphatic carbocycles. The van der Waals surface area contributed by atoms with Gasteiger partial charge in [-0.15, -0.1) is 0 Å². The van der Waals surface area contributed by atoms with Crippen LogP contribution in [0.25, 0.3) is 98.0 Å². The number of benzene rings is 12. The van der Waals surface area contributed by atoms with Crippen molar-refractivity contribution in [2.75, 3.05) is 4.90 Å². The van der Waals surface area contributed by atoms with E-state index in [0.29, 0.717) is 0 Å². The van der Waals surface area contributed by atoms with Crippen LogP contribution in [0, 0.1) is 0 Å². The molecule has 0 aromatic heterocycles. The molecule has 0 bridgehead atoms. The van der Waals surface area contributed by atoms with E-state index >= 15 is 0 Å². The highest BCUT2D eigenvalue weighted by molar-refractivity contribution is 6.21. The standard InChI is InChI=1S/C69H51N/c1-67(2)52-34-31-40-19-7-10-22-43(40)61(52)64-49-28-16-13-25-46(49)58(37-55(64)67)70(59-38-56-65(50-29-17-14-26-47(50)59)62-44-23-11-8-20-41(44)32-35-53(62)68(56,3)4)60-39-57-66(51-30-18-15-27-48(51)60)63-45-24-12-9-21-42(45)33-36-54(63)69(57,5)6/h7-39H,1-6H3. The van der Waals surface area contributed by atoms with Crippen molar-refractivity contribution in [3.05, 3.63) is 234 Å². The normalized spacial score (nSPS) is 15.3. The highest BCUT2D eigenvalue weighted by Crippen LogP contribution is 2.62. The largest absolute Gasteiger partial charge is 0.309 e. The Morgan fingerprint density at radius 2 is 0.457 bits per heavy atom. The second kappa shape index (κ2) is 13.6. The fourth-order valence-electron chi connectivity index (χ4n) is 13.9. The fraction of sp³-hybridized carbons (Fsp3) is 0.130. The van der Waals surface area contributed by atoms with Crippen molar-refractivity contribution in [1.82, 2.24) is 0 Å². The molecule has 0 N–H and O–H groups in total. The summed E-state index contributed by atoms with van der Waals surface area (Å²) in [7, 11) is 0. The molecule has 1 nitrogen and oxygen atoms in total. The third-order valence-electron chi connectivity index (χ3n) is 17.4. The minimum Gasteiger partial charge on any atom is -0.309 e. The molecule has 0 heterocycles. The van der Waals surface area contributed by atoms with Gasteiger partial charge in [0.25, 0.3) is 0 Å². The maximum atomic E-state index is 2.71. The average Bonchev–Trinajstić information content (AvgIpc) is 3.89. The van der Waals surface area contributed by atoms with Crippen LogP contribution in [0.4, 0.5) is 17.1 Å². The van der Waals surface area contributed by atoms with Gasteiger partial charge in [-0.1, -0.05) is 224 Å². The molecule has 12 aromatic carbocycles. The van der Waals surface area contributed by atoms with Gasteiger partial charge in [0.05, 0.1) is 17.1 Å². The monoisotopic (exact) mass is 893 g/mol. The van der Waals surface area contributed by atoms with Gasteiger partial charge in [-0.25, -0.2) is 0 Å². The Hall–Kier alpha value is -8.00. The molecular weight excluding hydrogens is 843 g/mol. The summed E-state index contributed by atoms with van der Waals surface area (Å²) in [5.41, 5.74) is 19.3. The van der Waals surface area contributed by atoms with Crippen LogP contribution in [-0.2, 0) is 16.2 Å². The van der Waals surface area contributed by atoms with E-state index in [1.807, 2.05) is 0 Å². The molecule has 1 heteroatoms. The van der Waals surface area contributed by atoms with E-state index in [1.165, 1.54) is 148 Å². The van der Waals surface area contributed by atoms with Crippen LogP contribution in [0.1, 0.15) is 74.9 Å². The molecule has 3 aliphatic rings. The zero-order valence-electron chi connectivity index (χ0n) is 40.5. The van der Waals surface area contributed by atoms with E-state index < -0.39 is 0 Å². The van der Waals surface area contributed by atoms with Crippen LogP contribution in [0.3, 0.4) is 0 Å². The van der Waals surface area contributed by atoms with Gasteiger partial charge in [-0.2, -0.15) is 0 Å². The third-order valence-corrected chi connectivity index (χ3v) is 17.4. The minimum absolute atomic E-state index is 0.255. The van der Waals surface area contributed by atoms with Crippen molar-refractivity contribution in [1.29, 1.82) is 0 Å². The van der Waals surface area contributed by atoms with Crippen molar-refractivity contribution in [2.24, 2.45) is 0 Å². The number of rotatable bonds is 3. The third kappa shape index (κ3) is 4.97. The SMILES string of the molecule is CC1(C)c2ccc3ccccc3c2-c2c1cc(N(c1cc3c(c4ccccc14)-c1c(ccc4ccccc14)C3(C)C)c1cc3c(c4ccccc14)-c1c(ccc4ccccc14)C3(C)C)c1ccccc21. The van der Waals surface area contributed by atoms with Crippen molar-refractivity contribution < 1.29 is 0 Å². The Labute approximate surface area is 409 Å². The van der Waals surface area contributed by atoms with Gasteiger partial charge < -0.3 is 4.90 Å². The summed E-state index contributed by atoms with van der Waals surface area (Å²) >= 11 is 0. The molecule has 0 atom stereocenters. The number of fused-ring (bicyclic) bond motifs is 21. The topological polar surface area (TPSA) is 3.24 Å². The number of hydrogen-bond donors (Lipinski definition) is 0. The summed E-state index contributed by atoms with van der Waals surface area (Å²) in [6, 6.07) is 76.7. The fourth-order valence-corrected chi connectivity index (χ4v) is 13.9. The molecule has 0 fully saturated rings. The molecule has 0 radical (unpaired) electrons. The van der Waals surface area contributed by atoms with Crippen molar-refractivity contribution in [3.63, 3.8) is 0 Å². The lowest BCUT2D eigenvalue weighted by Crippen LogP contribution is -2.20. The van der Waals surface area contributed by atoms with Gasteiger partial charge in [-0.05, 0) is 133 Å². The number of hydrogen-bond acceptors (Lipinski definition) is 1. The Balaban J connectivity index is 1.11. The maximum absolute atomic E-state index is 2.71. The van der Waals surface area contributed by atoms with Gasteiger partial charge in [0.2, 0.25) is 0 Å². The van der Waals surface area contributed by atoms with E-state index in [0.717, 1.165) is 0 Å². The van der Waals surface area contributed by atoms with Crippen molar-refractivity contribution >= 4 is 81.7 Å². The quantitative estimate of drug-likeness (QED) is 0.171. The van der Waals surface area contributed by atoms with Crippen molar-refractivity contribution in [2.45, 2.75) is 57.8 Å². The molecule has 0 unspecified atom stereocenters. The first kappa shape index (κ1) is 39.9. The van der Waals surface area contributed by atoms with Crippen LogP contribution in [0.2, 0.25) is 0 Å². The predicted molar refractivity (Wildman–Crippen MR) is 299 cm³/mol. The molecule has 0 saturated carbocycles. The number of nitrogens with zero attached hydrogens (tertiary/aromatic N) is 1. The minimum atomic E-state index is -0.255. The first-order valence-electron chi connectivity index (χ1n) is 25.1. The lowest BCUT2D eigenvalue weighted by molar-refractivity contribution is 0.660. The average molecular weight is 894 g/mol. The van der Waals surface area contributed by atoms with E-state index in [9.17, 15) is 0 Å². The lowest BCUT2D eigenvalue weighted by Gasteiger charge is -2.34. The first-order valence-corrected chi connectivity index (χ1v) is 25.1. The molecule has 0 amide bonds. The summed E-state index contributed by atoms with van der Waals surface area (Å²) in [5.74, 6) is 0. The maximum Gasteiger partial charge on any atom is 0.0544 e. The summed E-state index contributed by atoms with van der Waals surface area (Å²) < 4.78 is 0. The Kier molecular flexibility index (Phi) is 7.77. The van der Waals surface area contributed by atoms with Gasteiger partial charge in [0.1, 0.15) is 0 Å². The zero-order valence-corrected chi connectivity index (χ0v) is 40.5. The molecule has 12 aromatic rings. The molecule has 0 aliphatic heterocycles. The van der Waals surface area contributed by atoms with Gasteiger partial charge in [-0.3, -0.25) is 0 Å². The Morgan fingerprint density at radius 3 is 0.743 bits per heavy atom. The van der Waals surface area contributed by atoms with E-state index in [1.54, 1.807) is 0 Å². The first-order chi connectivity index (χ1) is 34.0. The van der Waals surface area contributed by atoms with Crippen LogP contribution < -0.4 is 4.90 Å². The summed E-state index contributed by atoms with van der Waals surface area (Å²) in [6.45, 7) is 14.7. The predicted octanol–water partition coefficient (Wildman–Crippen LogP) is 19.0. The highest BCUT2D eigenvalue weighted by atomic mass is 15.1. The number of anilines is 3. The molecular formula is C69H51N. The summed E-state index contributed by atoms with van der Waals surface area (Å²) in [6.07, 6.45) is 0. The highest BCUT2D eigenvalue weighted by Gasteiger charge is 2.43. The van der Waals surface area contributed by atoms with Gasteiger partial charge >= 0.3 is 0 Å². The summed E-state index contributed by atoms with van der Waals surface area (Å²) in [4.78, 5) is 2.71.